The van der Waals surface area contributed by atoms with Crippen LogP contribution in [0.25, 0.3) is 0 Å². The topological polar surface area (TPSA) is 86.4 Å². The first-order valence-corrected chi connectivity index (χ1v) is 5.39. The van der Waals surface area contributed by atoms with Gasteiger partial charge in [-0.25, -0.2) is 4.79 Å². The van der Waals surface area contributed by atoms with Gasteiger partial charge in [-0.3, -0.25) is 4.79 Å². The number of carbonyl (C=O) groups is 2. The zero-order chi connectivity index (χ0) is 12.8. The van der Waals surface area contributed by atoms with E-state index in [2.05, 4.69) is 10.1 Å². The Bertz CT molecular complexity index is 412. The second-order valence-corrected chi connectivity index (χ2v) is 3.63. The van der Waals surface area contributed by atoms with Gasteiger partial charge >= 0.3 is 5.97 Å². The molecule has 0 saturated heterocycles. The molecule has 6 nitrogen and oxygen atoms in total. The highest BCUT2D eigenvalue weighted by Gasteiger charge is 2.14. The monoisotopic (exact) mass is 239 g/mol. The van der Waals surface area contributed by atoms with Crippen LogP contribution in [-0.2, 0) is 16.1 Å². The van der Waals surface area contributed by atoms with Crippen LogP contribution in [0, 0.1) is 0 Å². The van der Waals surface area contributed by atoms with Crippen molar-refractivity contribution in [1.82, 2.24) is 9.88 Å². The maximum absolute atomic E-state index is 11.5. The van der Waals surface area contributed by atoms with E-state index in [4.69, 9.17) is 5.73 Å². The molecule has 0 radical (unpaired) electrons. The summed E-state index contributed by atoms with van der Waals surface area (Å²) in [5.41, 5.74) is 6.29. The number of amides is 1. The standard InChI is InChI=1S/C11H17N3O3/c1-3-4-13-10(15)7-14-6-8(12)5-9(14)11(16)17-2/h5-6H,3-4,7,12H2,1-2H3,(H,13,15). The van der Waals surface area contributed by atoms with Crippen molar-refractivity contribution in [3.05, 3.63) is 18.0 Å². The van der Waals surface area contributed by atoms with Crippen molar-refractivity contribution in [3.8, 4) is 0 Å². The van der Waals surface area contributed by atoms with E-state index in [9.17, 15) is 9.59 Å². The van der Waals surface area contributed by atoms with Crippen molar-refractivity contribution in [2.45, 2.75) is 19.9 Å². The van der Waals surface area contributed by atoms with E-state index in [0.29, 0.717) is 12.2 Å². The predicted octanol–water partition coefficient (Wildman–Crippen LogP) is 0.383. The molecule has 1 amide bonds. The Balaban J connectivity index is 2.76. The van der Waals surface area contributed by atoms with Crippen molar-refractivity contribution < 1.29 is 14.3 Å². The second-order valence-electron chi connectivity index (χ2n) is 3.63. The first kappa shape index (κ1) is 13.1. The summed E-state index contributed by atoms with van der Waals surface area (Å²) >= 11 is 0. The van der Waals surface area contributed by atoms with Crippen LogP contribution in [0.1, 0.15) is 23.8 Å². The third-order valence-corrected chi connectivity index (χ3v) is 2.20. The van der Waals surface area contributed by atoms with Gasteiger partial charge in [0.05, 0.1) is 12.8 Å². The van der Waals surface area contributed by atoms with Crippen LogP contribution < -0.4 is 11.1 Å². The number of aromatic nitrogens is 1. The first-order valence-electron chi connectivity index (χ1n) is 5.39. The summed E-state index contributed by atoms with van der Waals surface area (Å²) in [4.78, 5) is 22.9. The van der Waals surface area contributed by atoms with Crippen LogP contribution >= 0.6 is 0 Å². The lowest BCUT2D eigenvalue weighted by Crippen LogP contribution is -2.29. The third-order valence-electron chi connectivity index (χ3n) is 2.20. The zero-order valence-corrected chi connectivity index (χ0v) is 10.0. The van der Waals surface area contributed by atoms with Gasteiger partial charge in [0.1, 0.15) is 12.2 Å². The predicted molar refractivity (Wildman–Crippen MR) is 63.5 cm³/mol. The van der Waals surface area contributed by atoms with Gasteiger partial charge < -0.3 is 20.4 Å². The molecule has 3 N–H and O–H groups in total. The van der Waals surface area contributed by atoms with E-state index >= 15 is 0 Å². The molecule has 1 rings (SSSR count). The molecule has 1 aromatic heterocycles. The molecule has 0 fully saturated rings. The SMILES string of the molecule is CCCNC(=O)Cn1cc(N)cc1C(=O)OC. The van der Waals surface area contributed by atoms with E-state index in [0.717, 1.165) is 6.42 Å². The third kappa shape index (κ3) is 3.51. The number of nitrogens with zero attached hydrogens (tertiary/aromatic N) is 1. The van der Waals surface area contributed by atoms with E-state index in [-0.39, 0.29) is 18.1 Å². The Labute approximate surface area is 99.7 Å². The summed E-state index contributed by atoms with van der Waals surface area (Å²) in [6.07, 6.45) is 2.40. The van der Waals surface area contributed by atoms with Gasteiger partial charge in [0.25, 0.3) is 0 Å². The van der Waals surface area contributed by atoms with Crippen molar-refractivity contribution >= 4 is 17.6 Å². The van der Waals surface area contributed by atoms with E-state index in [1.165, 1.54) is 23.9 Å². The van der Waals surface area contributed by atoms with Crippen LogP contribution in [0.5, 0.6) is 0 Å². The van der Waals surface area contributed by atoms with Crippen molar-refractivity contribution in [1.29, 1.82) is 0 Å². The molecule has 6 heteroatoms. The number of hydrogen-bond donors (Lipinski definition) is 2. The van der Waals surface area contributed by atoms with Crippen molar-refractivity contribution in [2.75, 3.05) is 19.4 Å². The summed E-state index contributed by atoms with van der Waals surface area (Å²) in [7, 11) is 1.28. The van der Waals surface area contributed by atoms with Gasteiger partial charge in [-0.1, -0.05) is 6.92 Å². The smallest absolute Gasteiger partial charge is 0.354 e. The first-order chi connectivity index (χ1) is 8.08. The number of carbonyl (C=O) groups excluding carboxylic acids is 2. The van der Waals surface area contributed by atoms with Crippen molar-refractivity contribution in [3.63, 3.8) is 0 Å². The normalized spacial score (nSPS) is 10.0. The lowest BCUT2D eigenvalue weighted by atomic mass is 10.4. The minimum atomic E-state index is -0.509. The number of rotatable bonds is 5. The molecule has 0 aromatic carbocycles. The highest BCUT2D eigenvalue weighted by atomic mass is 16.5. The molecule has 0 aliphatic rings. The van der Waals surface area contributed by atoms with E-state index in [1.54, 1.807) is 0 Å². The van der Waals surface area contributed by atoms with Gasteiger partial charge in [-0.05, 0) is 12.5 Å². The average molecular weight is 239 g/mol. The van der Waals surface area contributed by atoms with Gasteiger partial charge in [0.15, 0.2) is 0 Å². The number of hydrogen-bond acceptors (Lipinski definition) is 4. The van der Waals surface area contributed by atoms with E-state index in [1.807, 2.05) is 6.92 Å². The fraction of sp³-hybridized carbons (Fsp3) is 0.455. The van der Waals surface area contributed by atoms with Gasteiger partial charge in [-0.15, -0.1) is 0 Å². The van der Waals surface area contributed by atoms with Gasteiger partial charge in [0.2, 0.25) is 5.91 Å². The van der Waals surface area contributed by atoms with Crippen LogP contribution in [0.4, 0.5) is 5.69 Å². The molecule has 0 aliphatic heterocycles. The van der Waals surface area contributed by atoms with Gasteiger partial charge in [0, 0.05) is 12.7 Å². The van der Waals surface area contributed by atoms with E-state index < -0.39 is 5.97 Å². The highest BCUT2D eigenvalue weighted by Crippen LogP contribution is 2.11. The van der Waals surface area contributed by atoms with Crippen LogP contribution in [0.2, 0.25) is 0 Å². The molecule has 1 heterocycles. The molecule has 1 aromatic rings. The van der Waals surface area contributed by atoms with Gasteiger partial charge in [-0.2, -0.15) is 0 Å². The molecule has 0 spiro atoms. The lowest BCUT2D eigenvalue weighted by molar-refractivity contribution is -0.121. The summed E-state index contributed by atoms with van der Waals surface area (Å²) in [6.45, 7) is 2.64. The molecule has 0 unspecified atom stereocenters. The lowest BCUT2D eigenvalue weighted by Gasteiger charge is -2.07. The summed E-state index contributed by atoms with van der Waals surface area (Å²) in [5.74, 6) is -0.669. The minimum Gasteiger partial charge on any atom is -0.464 e. The maximum atomic E-state index is 11.5. The number of nitrogens with one attached hydrogen (secondary N) is 1. The molecule has 0 bridgehead atoms. The number of anilines is 1. The number of esters is 1. The molecule has 94 valence electrons. The second kappa shape index (κ2) is 5.93. The molecule has 17 heavy (non-hydrogen) atoms. The van der Waals surface area contributed by atoms with Crippen molar-refractivity contribution in [2.24, 2.45) is 0 Å². The summed E-state index contributed by atoms with van der Waals surface area (Å²) in [6, 6.07) is 1.49. The maximum Gasteiger partial charge on any atom is 0.354 e. The fourth-order valence-electron chi connectivity index (χ4n) is 1.41. The highest BCUT2D eigenvalue weighted by molar-refractivity contribution is 5.89. The number of nitrogen functional groups attached to an aromatic ring is 1. The number of methoxy groups -OCH3 is 1. The molecular weight excluding hydrogens is 222 g/mol. The molecule has 0 aliphatic carbocycles. The summed E-state index contributed by atoms with van der Waals surface area (Å²) < 4.78 is 6.08. The Kier molecular flexibility index (Phi) is 4.56. The average Bonchev–Trinajstić information content (AvgIpc) is 2.66. The number of ether oxygens (including phenoxy) is 1. The fourth-order valence-corrected chi connectivity index (χ4v) is 1.41. The van der Waals surface area contributed by atoms with Crippen LogP contribution in [0.15, 0.2) is 12.3 Å². The minimum absolute atomic E-state index is 0.0572. The largest absolute Gasteiger partial charge is 0.464 e. The van der Waals surface area contributed by atoms with Crippen LogP contribution in [-0.4, -0.2) is 30.1 Å². The zero-order valence-electron chi connectivity index (χ0n) is 10.0. The Morgan fingerprint density at radius 1 is 1.53 bits per heavy atom. The number of nitrogens with two attached hydrogens (primary N) is 1. The Hall–Kier alpha value is -1.98. The Morgan fingerprint density at radius 3 is 2.82 bits per heavy atom. The molecule has 0 atom stereocenters. The van der Waals surface area contributed by atoms with Crippen LogP contribution in [0.3, 0.4) is 0 Å². The molecular formula is C11H17N3O3. The Morgan fingerprint density at radius 2 is 2.24 bits per heavy atom. The summed E-state index contributed by atoms with van der Waals surface area (Å²) in [5, 5.41) is 2.72. The molecule has 0 saturated carbocycles. The quantitative estimate of drug-likeness (QED) is 0.727.